The van der Waals surface area contributed by atoms with Gasteiger partial charge in [-0.15, -0.1) is 0 Å². The molecule has 1 saturated carbocycles. The van der Waals surface area contributed by atoms with Crippen molar-refractivity contribution in [1.29, 1.82) is 0 Å². The quantitative estimate of drug-likeness (QED) is 0.748. The third kappa shape index (κ3) is 4.27. The average molecular weight is 399 g/mol. The van der Waals surface area contributed by atoms with Gasteiger partial charge >= 0.3 is 0 Å². The molecule has 4 rings (SSSR count). The van der Waals surface area contributed by atoms with Crippen LogP contribution in [0.4, 0.5) is 0 Å². The van der Waals surface area contributed by atoms with Crippen LogP contribution in [0.1, 0.15) is 37.5 Å². The number of likely N-dealkylation sites (tertiary alicyclic amines) is 1. The second kappa shape index (κ2) is 8.11. The molecule has 0 bridgehead atoms. The number of ether oxygens (including phenoxy) is 1. The number of hydrogen-bond donors (Lipinski definition) is 2. The largest absolute Gasteiger partial charge is 0.504 e. The van der Waals surface area contributed by atoms with E-state index in [2.05, 4.69) is 17.1 Å². The number of methoxy groups -OCH3 is 1. The van der Waals surface area contributed by atoms with E-state index in [9.17, 15) is 9.90 Å². The summed E-state index contributed by atoms with van der Waals surface area (Å²) in [4.78, 5) is 15.0. The van der Waals surface area contributed by atoms with Gasteiger partial charge in [-0.05, 0) is 80.9 Å². The highest BCUT2D eigenvalue weighted by molar-refractivity contribution is 5.82. The van der Waals surface area contributed by atoms with Crippen molar-refractivity contribution in [2.45, 2.75) is 45.2 Å². The molecule has 29 heavy (non-hydrogen) atoms. The third-order valence-corrected chi connectivity index (χ3v) is 6.72. The Morgan fingerprint density at radius 1 is 1.38 bits per heavy atom. The maximum absolute atomic E-state index is 12.5. The number of piperidine rings is 1. The topological polar surface area (TPSA) is 74.9 Å². The maximum atomic E-state index is 12.5. The minimum Gasteiger partial charge on any atom is -0.504 e. The molecule has 2 N–H and O–H groups in total. The predicted octanol–water partition coefficient (Wildman–Crippen LogP) is 3.34. The van der Waals surface area contributed by atoms with Gasteiger partial charge in [0.2, 0.25) is 5.91 Å². The van der Waals surface area contributed by atoms with E-state index < -0.39 is 0 Å². The lowest BCUT2D eigenvalue weighted by Crippen LogP contribution is -2.42. The van der Waals surface area contributed by atoms with Crippen LogP contribution < -0.4 is 10.1 Å². The van der Waals surface area contributed by atoms with Gasteiger partial charge in [-0.2, -0.15) is 0 Å². The molecule has 1 aromatic heterocycles. The Morgan fingerprint density at radius 2 is 2.17 bits per heavy atom. The third-order valence-electron chi connectivity index (χ3n) is 6.72. The molecule has 2 aliphatic rings. The van der Waals surface area contributed by atoms with E-state index in [4.69, 9.17) is 9.15 Å². The Hall–Kier alpha value is -2.47. The first kappa shape index (κ1) is 19.8. The number of nitrogens with one attached hydrogen (secondary N) is 1. The van der Waals surface area contributed by atoms with Crippen molar-refractivity contribution in [2.75, 3.05) is 20.2 Å². The number of rotatable bonds is 7. The molecule has 2 atom stereocenters. The van der Waals surface area contributed by atoms with E-state index in [-0.39, 0.29) is 23.0 Å². The molecule has 6 heteroatoms. The van der Waals surface area contributed by atoms with Crippen LogP contribution >= 0.6 is 0 Å². The van der Waals surface area contributed by atoms with Gasteiger partial charge in [0.1, 0.15) is 5.76 Å². The normalized spacial score (nSPS) is 21.7. The molecule has 6 nitrogen and oxygen atoms in total. The molecular weight excluding hydrogens is 368 g/mol. The highest BCUT2D eigenvalue weighted by Gasteiger charge is 2.58. The Morgan fingerprint density at radius 3 is 2.86 bits per heavy atom. The van der Waals surface area contributed by atoms with E-state index >= 15 is 0 Å². The molecule has 2 fully saturated rings. The molecular formula is C23H30N2O4. The second-order valence-electron chi connectivity index (χ2n) is 8.51. The number of benzene rings is 1. The Labute approximate surface area is 171 Å². The Kier molecular flexibility index (Phi) is 5.54. The van der Waals surface area contributed by atoms with Gasteiger partial charge < -0.3 is 24.5 Å². The first-order valence-electron chi connectivity index (χ1n) is 10.4. The summed E-state index contributed by atoms with van der Waals surface area (Å²) in [5, 5.41) is 12.8. The van der Waals surface area contributed by atoms with E-state index in [0.29, 0.717) is 18.3 Å². The lowest BCUT2D eigenvalue weighted by atomic mass is 9.89. The fraction of sp³-hybridized carbons (Fsp3) is 0.522. The standard InChI is InChI=1S/C23H30N2O4/c1-16(12-17-5-6-20(26)21(13-17)28-2)25-9-7-23(8-10-25)14-19(23)22(27)24-15-18-4-3-11-29-18/h3-6,11,13,16,19,26H,7-10,12,14-15H2,1-2H3,(H,24,27)/t16-,19-/m1/s1. The van der Waals surface area contributed by atoms with Gasteiger partial charge in [0, 0.05) is 12.0 Å². The molecule has 2 heterocycles. The summed E-state index contributed by atoms with van der Waals surface area (Å²) in [7, 11) is 1.57. The van der Waals surface area contributed by atoms with Crippen LogP contribution in [0.15, 0.2) is 41.0 Å². The average Bonchev–Trinajstić information content (AvgIpc) is 3.17. The van der Waals surface area contributed by atoms with Crippen molar-refractivity contribution in [3.05, 3.63) is 47.9 Å². The molecule has 1 aliphatic carbocycles. The molecule has 1 amide bonds. The number of aromatic hydroxyl groups is 1. The molecule has 156 valence electrons. The number of carbonyl (C=O) groups excluding carboxylic acids is 1. The first-order valence-corrected chi connectivity index (χ1v) is 10.4. The van der Waals surface area contributed by atoms with E-state index in [1.807, 2.05) is 24.3 Å². The molecule has 1 saturated heterocycles. The minimum absolute atomic E-state index is 0.149. The minimum atomic E-state index is 0.149. The zero-order valence-electron chi connectivity index (χ0n) is 17.2. The molecule has 1 aliphatic heterocycles. The van der Waals surface area contributed by atoms with Gasteiger partial charge in [-0.1, -0.05) is 6.07 Å². The summed E-state index contributed by atoms with van der Waals surface area (Å²) in [5.41, 5.74) is 1.36. The first-order chi connectivity index (χ1) is 14.0. The van der Waals surface area contributed by atoms with Crippen LogP contribution in [0.25, 0.3) is 0 Å². The number of carbonyl (C=O) groups is 1. The fourth-order valence-electron chi connectivity index (χ4n) is 4.71. The lowest BCUT2D eigenvalue weighted by Gasteiger charge is -2.37. The highest BCUT2D eigenvalue weighted by atomic mass is 16.5. The molecule has 2 aromatic rings. The summed E-state index contributed by atoms with van der Waals surface area (Å²) in [6.07, 6.45) is 5.71. The van der Waals surface area contributed by atoms with Crippen LogP contribution in [0, 0.1) is 11.3 Å². The molecule has 1 aromatic carbocycles. The maximum Gasteiger partial charge on any atom is 0.224 e. The number of phenolic OH excluding ortho intramolecular Hbond substituents is 1. The van der Waals surface area contributed by atoms with Gasteiger partial charge in [0.25, 0.3) is 0 Å². The molecule has 0 radical (unpaired) electrons. The van der Waals surface area contributed by atoms with E-state index in [1.54, 1.807) is 19.4 Å². The van der Waals surface area contributed by atoms with Gasteiger partial charge in [0.05, 0.1) is 19.9 Å². The van der Waals surface area contributed by atoms with Crippen LogP contribution in [0.2, 0.25) is 0 Å². The summed E-state index contributed by atoms with van der Waals surface area (Å²) >= 11 is 0. The Balaban J connectivity index is 1.25. The number of nitrogens with zero attached hydrogens (tertiary/aromatic N) is 1. The summed E-state index contributed by atoms with van der Waals surface area (Å²) in [5.74, 6) is 1.81. The number of furan rings is 1. The van der Waals surface area contributed by atoms with Crippen molar-refractivity contribution in [3.8, 4) is 11.5 Å². The SMILES string of the molecule is COc1cc(C[C@@H](C)N2CCC3(CC2)C[C@@H]3C(=O)NCc2ccco2)ccc1O. The lowest BCUT2D eigenvalue weighted by molar-refractivity contribution is -0.123. The summed E-state index contributed by atoms with van der Waals surface area (Å²) in [6.45, 7) is 4.77. The number of hydrogen-bond acceptors (Lipinski definition) is 5. The summed E-state index contributed by atoms with van der Waals surface area (Å²) in [6, 6.07) is 9.70. The second-order valence-corrected chi connectivity index (χ2v) is 8.51. The number of phenols is 1. The smallest absolute Gasteiger partial charge is 0.224 e. The van der Waals surface area contributed by atoms with Crippen LogP contribution in [0.3, 0.4) is 0 Å². The zero-order valence-corrected chi connectivity index (χ0v) is 17.2. The van der Waals surface area contributed by atoms with Crippen LogP contribution in [0.5, 0.6) is 11.5 Å². The van der Waals surface area contributed by atoms with Crippen molar-refractivity contribution in [2.24, 2.45) is 11.3 Å². The zero-order chi connectivity index (χ0) is 20.4. The fourth-order valence-corrected chi connectivity index (χ4v) is 4.71. The summed E-state index contributed by atoms with van der Waals surface area (Å²) < 4.78 is 10.5. The van der Waals surface area contributed by atoms with Crippen LogP contribution in [-0.4, -0.2) is 42.2 Å². The predicted molar refractivity (Wildman–Crippen MR) is 110 cm³/mol. The van der Waals surface area contributed by atoms with Crippen molar-refractivity contribution in [3.63, 3.8) is 0 Å². The van der Waals surface area contributed by atoms with E-state index in [0.717, 1.165) is 50.1 Å². The molecule has 0 unspecified atom stereocenters. The van der Waals surface area contributed by atoms with E-state index in [1.165, 1.54) is 0 Å². The van der Waals surface area contributed by atoms with Crippen molar-refractivity contribution >= 4 is 5.91 Å². The number of amides is 1. The molecule has 1 spiro atoms. The van der Waals surface area contributed by atoms with Gasteiger partial charge in [0.15, 0.2) is 11.5 Å². The monoisotopic (exact) mass is 398 g/mol. The van der Waals surface area contributed by atoms with Crippen molar-refractivity contribution in [1.82, 2.24) is 10.2 Å². The van der Waals surface area contributed by atoms with Gasteiger partial charge in [-0.25, -0.2) is 0 Å². The van der Waals surface area contributed by atoms with Gasteiger partial charge in [-0.3, -0.25) is 4.79 Å². The Bertz CT molecular complexity index is 841. The van der Waals surface area contributed by atoms with Crippen molar-refractivity contribution < 1.29 is 19.1 Å². The van der Waals surface area contributed by atoms with Crippen LogP contribution in [-0.2, 0) is 17.8 Å². The highest BCUT2D eigenvalue weighted by Crippen LogP contribution is 2.59.